The van der Waals surface area contributed by atoms with Gasteiger partial charge in [0.15, 0.2) is 0 Å². The van der Waals surface area contributed by atoms with Crippen molar-refractivity contribution in [3.8, 4) is 11.1 Å². The van der Waals surface area contributed by atoms with E-state index in [9.17, 15) is 4.79 Å². The zero-order valence-corrected chi connectivity index (χ0v) is 15.3. The van der Waals surface area contributed by atoms with Crippen LogP contribution < -0.4 is 0 Å². The number of aromatic nitrogens is 3. The Morgan fingerprint density at radius 3 is 2.36 bits per heavy atom. The second kappa shape index (κ2) is 8.31. The standard InChI is InChI=1S/C23H20N4O/c28-23(21-12-6-7-13-24-21)27(17-22-25-14-15-26-22)16-19-10-4-5-11-20(19)18-8-2-1-3-9-18/h1-15H,16-17H2,(H,25,26). The molecule has 0 atom stereocenters. The number of nitrogens with zero attached hydrogens (tertiary/aromatic N) is 3. The lowest BCUT2D eigenvalue weighted by molar-refractivity contribution is 0.0720. The normalized spacial score (nSPS) is 10.6. The van der Waals surface area contributed by atoms with Crippen LogP contribution in [0, 0.1) is 0 Å². The number of rotatable bonds is 6. The number of aromatic amines is 1. The molecule has 5 nitrogen and oxygen atoms in total. The number of carbonyl (C=O) groups is 1. The van der Waals surface area contributed by atoms with E-state index >= 15 is 0 Å². The third-order valence-corrected chi connectivity index (χ3v) is 4.53. The Morgan fingerprint density at radius 2 is 1.61 bits per heavy atom. The maximum atomic E-state index is 13.1. The molecule has 4 aromatic rings. The second-order valence-electron chi connectivity index (χ2n) is 6.44. The minimum atomic E-state index is -0.125. The topological polar surface area (TPSA) is 61.9 Å². The summed E-state index contributed by atoms with van der Waals surface area (Å²) >= 11 is 0. The number of carbonyl (C=O) groups excluding carboxylic acids is 1. The van der Waals surface area contributed by atoms with E-state index in [2.05, 4.69) is 39.2 Å². The van der Waals surface area contributed by atoms with Crippen LogP contribution in [-0.4, -0.2) is 25.8 Å². The maximum absolute atomic E-state index is 13.1. The monoisotopic (exact) mass is 368 g/mol. The quantitative estimate of drug-likeness (QED) is 0.551. The van der Waals surface area contributed by atoms with Gasteiger partial charge in [0.1, 0.15) is 11.5 Å². The lowest BCUT2D eigenvalue weighted by Gasteiger charge is -2.23. The molecule has 0 radical (unpaired) electrons. The Balaban J connectivity index is 1.68. The molecule has 2 aromatic carbocycles. The fraction of sp³-hybridized carbons (Fsp3) is 0.0870. The van der Waals surface area contributed by atoms with Crippen molar-refractivity contribution < 1.29 is 4.79 Å². The number of pyridine rings is 1. The molecule has 0 aliphatic carbocycles. The molecule has 0 fully saturated rings. The summed E-state index contributed by atoms with van der Waals surface area (Å²) in [6, 6.07) is 23.7. The van der Waals surface area contributed by atoms with E-state index in [0.717, 1.165) is 22.5 Å². The molecule has 28 heavy (non-hydrogen) atoms. The average molecular weight is 368 g/mol. The van der Waals surface area contributed by atoms with Crippen LogP contribution in [0.5, 0.6) is 0 Å². The molecule has 0 saturated heterocycles. The number of nitrogens with one attached hydrogen (secondary N) is 1. The number of amides is 1. The summed E-state index contributed by atoms with van der Waals surface area (Å²) in [6.45, 7) is 0.840. The van der Waals surface area contributed by atoms with Gasteiger partial charge in [0.05, 0.1) is 6.54 Å². The molecule has 0 bridgehead atoms. The van der Waals surface area contributed by atoms with Crippen molar-refractivity contribution in [1.82, 2.24) is 19.9 Å². The lowest BCUT2D eigenvalue weighted by atomic mass is 9.99. The highest BCUT2D eigenvalue weighted by Gasteiger charge is 2.20. The third kappa shape index (κ3) is 3.99. The molecule has 138 valence electrons. The van der Waals surface area contributed by atoms with Gasteiger partial charge in [-0.15, -0.1) is 0 Å². The highest BCUT2D eigenvalue weighted by Crippen LogP contribution is 2.25. The van der Waals surface area contributed by atoms with E-state index in [0.29, 0.717) is 18.8 Å². The Bertz CT molecular complexity index is 1030. The fourth-order valence-electron chi connectivity index (χ4n) is 3.18. The Labute approximate surface area is 163 Å². The second-order valence-corrected chi connectivity index (χ2v) is 6.44. The summed E-state index contributed by atoms with van der Waals surface area (Å²) in [5.41, 5.74) is 3.73. The van der Waals surface area contributed by atoms with E-state index in [-0.39, 0.29) is 5.91 Å². The Morgan fingerprint density at radius 1 is 0.821 bits per heavy atom. The Kier molecular flexibility index (Phi) is 5.24. The number of hydrogen-bond donors (Lipinski definition) is 1. The van der Waals surface area contributed by atoms with Crippen molar-refractivity contribution in [3.05, 3.63) is 108 Å². The van der Waals surface area contributed by atoms with Crippen LogP contribution in [0.4, 0.5) is 0 Å². The van der Waals surface area contributed by atoms with Gasteiger partial charge < -0.3 is 9.88 Å². The van der Waals surface area contributed by atoms with Crippen LogP contribution in [0.2, 0.25) is 0 Å². The number of H-pyrrole nitrogens is 1. The lowest BCUT2D eigenvalue weighted by Crippen LogP contribution is -2.31. The van der Waals surface area contributed by atoms with Crippen LogP contribution in [0.1, 0.15) is 21.9 Å². The number of benzene rings is 2. The zero-order valence-electron chi connectivity index (χ0n) is 15.3. The molecule has 0 unspecified atom stereocenters. The molecule has 5 heteroatoms. The van der Waals surface area contributed by atoms with Gasteiger partial charge in [-0.05, 0) is 28.8 Å². The number of imidazole rings is 1. The van der Waals surface area contributed by atoms with Gasteiger partial charge >= 0.3 is 0 Å². The molecule has 0 spiro atoms. The molecular weight excluding hydrogens is 348 g/mol. The summed E-state index contributed by atoms with van der Waals surface area (Å²) in [4.78, 5) is 26.5. The predicted octanol–water partition coefficient (Wildman–Crippen LogP) is 4.31. The van der Waals surface area contributed by atoms with Crippen molar-refractivity contribution in [2.75, 3.05) is 0 Å². The smallest absolute Gasteiger partial charge is 0.273 e. The van der Waals surface area contributed by atoms with Crippen molar-refractivity contribution >= 4 is 5.91 Å². The first-order valence-electron chi connectivity index (χ1n) is 9.13. The summed E-state index contributed by atoms with van der Waals surface area (Å²) < 4.78 is 0. The highest BCUT2D eigenvalue weighted by atomic mass is 16.2. The predicted molar refractivity (Wildman–Crippen MR) is 108 cm³/mol. The average Bonchev–Trinajstić information content (AvgIpc) is 3.27. The largest absolute Gasteiger partial charge is 0.347 e. The van der Waals surface area contributed by atoms with E-state index in [1.807, 2.05) is 36.4 Å². The van der Waals surface area contributed by atoms with Gasteiger partial charge in [-0.25, -0.2) is 4.98 Å². The van der Waals surface area contributed by atoms with E-state index in [1.54, 1.807) is 35.6 Å². The Hall–Kier alpha value is -3.73. The maximum Gasteiger partial charge on any atom is 0.273 e. The first-order chi connectivity index (χ1) is 13.8. The van der Waals surface area contributed by atoms with Crippen molar-refractivity contribution in [1.29, 1.82) is 0 Å². The van der Waals surface area contributed by atoms with E-state index in [4.69, 9.17) is 0 Å². The molecule has 1 amide bonds. The zero-order chi connectivity index (χ0) is 19.2. The van der Waals surface area contributed by atoms with Gasteiger partial charge in [-0.1, -0.05) is 60.7 Å². The van der Waals surface area contributed by atoms with Gasteiger partial charge in [-0.2, -0.15) is 0 Å². The molecule has 0 aliphatic rings. The summed E-state index contributed by atoms with van der Waals surface area (Å²) in [5.74, 6) is 0.612. The molecule has 1 N–H and O–H groups in total. The minimum absolute atomic E-state index is 0.125. The van der Waals surface area contributed by atoms with Crippen molar-refractivity contribution in [2.24, 2.45) is 0 Å². The van der Waals surface area contributed by atoms with E-state index in [1.165, 1.54) is 0 Å². The molecule has 0 saturated carbocycles. The van der Waals surface area contributed by atoms with Crippen LogP contribution in [0.3, 0.4) is 0 Å². The van der Waals surface area contributed by atoms with Crippen LogP contribution in [0.25, 0.3) is 11.1 Å². The van der Waals surface area contributed by atoms with Crippen molar-refractivity contribution in [2.45, 2.75) is 13.1 Å². The van der Waals surface area contributed by atoms with Crippen molar-refractivity contribution in [3.63, 3.8) is 0 Å². The van der Waals surface area contributed by atoms with Gasteiger partial charge in [0.25, 0.3) is 5.91 Å². The van der Waals surface area contributed by atoms with Crippen LogP contribution in [0.15, 0.2) is 91.4 Å². The third-order valence-electron chi connectivity index (χ3n) is 4.53. The van der Waals surface area contributed by atoms with E-state index < -0.39 is 0 Å². The first-order valence-corrected chi connectivity index (χ1v) is 9.13. The summed E-state index contributed by atoms with van der Waals surface area (Å²) in [7, 11) is 0. The summed E-state index contributed by atoms with van der Waals surface area (Å²) in [5, 5.41) is 0. The van der Waals surface area contributed by atoms with Gasteiger partial charge in [0.2, 0.25) is 0 Å². The first kappa shape index (κ1) is 17.7. The molecule has 4 rings (SSSR count). The minimum Gasteiger partial charge on any atom is -0.347 e. The molecule has 0 aliphatic heterocycles. The fourth-order valence-corrected chi connectivity index (χ4v) is 3.18. The van der Waals surface area contributed by atoms with Gasteiger partial charge in [-0.3, -0.25) is 9.78 Å². The highest BCUT2D eigenvalue weighted by molar-refractivity contribution is 5.92. The number of hydrogen-bond acceptors (Lipinski definition) is 3. The molecular formula is C23H20N4O. The van der Waals surface area contributed by atoms with Crippen LogP contribution >= 0.6 is 0 Å². The summed E-state index contributed by atoms with van der Waals surface area (Å²) in [6.07, 6.45) is 5.09. The van der Waals surface area contributed by atoms with Crippen LogP contribution in [-0.2, 0) is 13.1 Å². The van der Waals surface area contributed by atoms with Gasteiger partial charge in [0, 0.05) is 25.1 Å². The molecule has 2 aromatic heterocycles. The SMILES string of the molecule is O=C(c1ccccn1)N(Cc1ncc[nH]1)Cc1ccccc1-c1ccccc1. The molecule has 2 heterocycles.